The van der Waals surface area contributed by atoms with Gasteiger partial charge in [0.25, 0.3) is 0 Å². The van der Waals surface area contributed by atoms with E-state index in [4.69, 9.17) is 0 Å². The monoisotopic (exact) mass is 295 g/mol. The Balaban J connectivity index is 1.80. The van der Waals surface area contributed by atoms with Crippen molar-refractivity contribution in [2.24, 2.45) is 7.05 Å². The molecule has 0 saturated carbocycles. The number of aliphatic hydroxyl groups is 1. The van der Waals surface area contributed by atoms with Crippen molar-refractivity contribution in [3.05, 3.63) is 47.9 Å². The number of fused-ring (bicyclic) bond motifs is 2. The molecule has 1 unspecified atom stereocenters. The molecule has 0 aliphatic carbocycles. The first kappa shape index (κ1) is 13.2. The number of hydrogen-bond acceptors (Lipinski definition) is 5. The van der Waals surface area contributed by atoms with Gasteiger partial charge in [0.1, 0.15) is 12.1 Å². The number of rotatable bonds is 1. The standard InChI is InChI=1S/C16H17N5O/c1-20-15-13(8-19-20)16(18-10-17-15)21-7-6-14(22)12-5-3-2-4-11(12)9-21/h2-5,8,10,14,22H,6-7,9H2,1H3. The lowest BCUT2D eigenvalue weighted by Crippen LogP contribution is -2.24. The van der Waals surface area contributed by atoms with Crippen molar-refractivity contribution in [1.29, 1.82) is 0 Å². The van der Waals surface area contributed by atoms with E-state index in [0.717, 1.165) is 41.1 Å². The third-order valence-electron chi connectivity index (χ3n) is 4.26. The molecule has 6 heteroatoms. The summed E-state index contributed by atoms with van der Waals surface area (Å²) in [6, 6.07) is 8.05. The molecule has 1 N–H and O–H groups in total. The van der Waals surface area contributed by atoms with E-state index in [1.54, 1.807) is 17.2 Å². The van der Waals surface area contributed by atoms with Crippen molar-refractivity contribution in [2.75, 3.05) is 11.4 Å². The van der Waals surface area contributed by atoms with Crippen LogP contribution in [0.2, 0.25) is 0 Å². The molecule has 0 bridgehead atoms. The fourth-order valence-corrected chi connectivity index (χ4v) is 3.10. The van der Waals surface area contributed by atoms with E-state index in [2.05, 4.69) is 26.0 Å². The van der Waals surface area contributed by atoms with E-state index >= 15 is 0 Å². The summed E-state index contributed by atoms with van der Waals surface area (Å²) in [5.41, 5.74) is 2.98. The molecule has 1 aromatic carbocycles. The van der Waals surface area contributed by atoms with Gasteiger partial charge in [-0.15, -0.1) is 0 Å². The number of benzene rings is 1. The zero-order valence-corrected chi connectivity index (χ0v) is 12.3. The Bertz CT molecular complexity index is 828. The SMILES string of the molecule is Cn1ncc2c(N3CCC(O)c4ccccc4C3)ncnc21. The highest BCUT2D eigenvalue weighted by atomic mass is 16.3. The van der Waals surface area contributed by atoms with E-state index in [9.17, 15) is 5.11 Å². The van der Waals surface area contributed by atoms with Crippen LogP contribution in [0.5, 0.6) is 0 Å². The number of hydrogen-bond donors (Lipinski definition) is 1. The Morgan fingerprint density at radius 1 is 1.23 bits per heavy atom. The molecule has 22 heavy (non-hydrogen) atoms. The molecule has 2 aromatic heterocycles. The minimum absolute atomic E-state index is 0.424. The fraction of sp³-hybridized carbons (Fsp3) is 0.312. The van der Waals surface area contributed by atoms with Crippen molar-refractivity contribution in [2.45, 2.75) is 19.1 Å². The lowest BCUT2D eigenvalue weighted by atomic mass is 10.0. The van der Waals surface area contributed by atoms with E-state index in [1.807, 2.05) is 25.2 Å². The summed E-state index contributed by atoms with van der Waals surface area (Å²) in [7, 11) is 1.88. The largest absolute Gasteiger partial charge is 0.388 e. The first-order valence-electron chi connectivity index (χ1n) is 7.37. The van der Waals surface area contributed by atoms with Crippen molar-refractivity contribution in [3.8, 4) is 0 Å². The third-order valence-corrected chi connectivity index (χ3v) is 4.26. The van der Waals surface area contributed by atoms with Gasteiger partial charge >= 0.3 is 0 Å². The van der Waals surface area contributed by atoms with Gasteiger partial charge in [0.15, 0.2) is 5.65 Å². The van der Waals surface area contributed by atoms with Gasteiger partial charge < -0.3 is 10.0 Å². The van der Waals surface area contributed by atoms with Crippen LogP contribution in [0, 0.1) is 0 Å². The molecule has 1 aliphatic heterocycles. The number of aromatic nitrogens is 4. The Labute approximate surface area is 128 Å². The highest BCUT2D eigenvalue weighted by molar-refractivity contribution is 5.86. The predicted octanol–water partition coefficient (Wildman–Crippen LogP) is 1.81. The van der Waals surface area contributed by atoms with Crippen molar-refractivity contribution >= 4 is 16.9 Å². The van der Waals surface area contributed by atoms with Crippen LogP contribution in [0.1, 0.15) is 23.7 Å². The van der Waals surface area contributed by atoms with E-state index < -0.39 is 6.10 Å². The molecule has 0 fully saturated rings. The van der Waals surface area contributed by atoms with Gasteiger partial charge in [-0.2, -0.15) is 5.10 Å². The molecule has 0 radical (unpaired) electrons. The third kappa shape index (κ3) is 2.03. The van der Waals surface area contributed by atoms with Crippen LogP contribution in [0.15, 0.2) is 36.8 Å². The van der Waals surface area contributed by atoms with Crippen molar-refractivity contribution in [1.82, 2.24) is 19.7 Å². The normalized spacial score (nSPS) is 18.3. The Kier molecular flexibility index (Phi) is 3.04. The predicted molar refractivity (Wildman–Crippen MR) is 83.4 cm³/mol. The average molecular weight is 295 g/mol. The molecule has 4 rings (SSSR count). The van der Waals surface area contributed by atoms with E-state index in [-0.39, 0.29) is 0 Å². The Morgan fingerprint density at radius 2 is 2.09 bits per heavy atom. The molecular formula is C16H17N5O. The molecular weight excluding hydrogens is 278 g/mol. The van der Waals surface area contributed by atoms with Crippen LogP contribution >= 0.6 is 0 Å². The number of nitrogens with zero attached hydrogens (tertiary/aromatic N) is 5. The summed E-state index contributed by atoms with van der Waals surface area (Å²) in [5.74, 6) is 0.877. The van der Waals surface area contributed by atoms with Crippen LogP contribution in [-0.4, -0.2) is 31.4 Å². The highest BCUT2D eigenvalue weighted by Crippen LogP contribution is 2.31. The van der Waals surface area contributed by atoms with Gasteiger partial charge in [0, 0.05) is 20.1 Å². The summed E-state index contributed by atoms with van der Waals surface area (Å²) in [6.07, 6.45) is 3.64. The average Bonchev–Trinajstić information content (AvgIpc) is 2.84. The molecule has 3 aromatic rings. The zero-order valence-electron chi connectivity index (χ0n) is 12.3. The smallest absolute Gasteiger partial charge is 0.163 e. The summed E-state index contributed by atoms with van der Waals surface area (Å²) < 4.78 is 1.75. The maximum absolute atomic E-state index is 10.3. The zero-order chi connectivity index (χ0) is 15.1. The maximum Gasteiger partial charge on any atom is 0.163 e. The van der Waals surface area contributed by atoms with Crippen molar-refractivity contribution in [3.63, 3.8) is 0 Å². The lowest BCUT2D eigenvalue weighted by molar-refractivity contribution is 0.171. The van der Waals surface area contributed by atoms with E-state index in [0.29, 0.717) is 6.42 Å². The Morgan fingerprint density at radius 3 is 3.00 bits per heavy atom. The second-order valence-electron chi connectivity index (χ2n) is 5.63. The van der Waals surface area contributed by atoms with Gasteiger partial charge in [-0.3, -0.25) is 4.68 Å². The Hall–Kier alpha value is -2.47. The minimum atomic E-state index is -0.424. The summed E-state index contributed by atoms with van der Waals surface area (Å²) in [6.45, 7) is 1.48. The fourth-order valence-electron chi connectivity index (χ4n) is 3.10. The van der Waals surface area contributed by atoms with Gasteiger partial charge in [-0.05, 0) is 17.5 Å². The number of anilines is 1. The quantitative estimate of drug-likeness (QED) is 0.741. The molecule has 0 spiro atoms. The van der Waals surface area contributed by atoms with Crippen LogP contribution < -0.4 is 4.90 Å². The second-order valence-corrected chi connectivity index (χ2v) is 5.63. The molecule has 3 heterocycles. The van der Waals surface area contributed by atoms with Crippen LogP contribution in [0.25, 0.3) is 11.0 Å². The molecule has 0 amide bonds. The lowest BCUT2D eigenvalue weighted by Gasteiger charge is -2.22. The second kappa shape index (κ2) is 5.06. The summed E-state index contributed by atoms with van der Waals surface area (Å²) in [4.78, 5) is 11.0. The van der Waals surface area contributed by atoms with Crippen LogP contribution in [-0.2, 0) is 13.6 Å². The van der Waals surface area contributed by atoms with Gasteiger partial charge in [-0.1, -0.05) is 24.3 Å². The minimum Gasteiger partial charge on any atom is -0.388 e. The molecule has 1 atom stereocenters. The summed E-state index contributed by atoms with van der Waals surface area (Å²) in [5, 5.41) is 15.6. The van der Waals surface area contributed by atoms with Crippen LogP contribution in [0.3, 0.4) is 0 Å². The number of aryl methyl sites for hydroxylation is 1. The molecule has 1 aliphatic rings. The topological polar surface area (TPSA) is 67.1 Å². The number of aliphatic hydroxyl groups excluding tert-OH is 1. The van der Waals surface area contributed by atoms with Gasteiger partial charge in [0.2, 0.25) is 0 Å². The van der Waals surface area contributed by atoms with Crippen LogP contribution in [0.4, 0.5) is 5.82 Å². The highest BCUT2D eigenvalue weighted by Gasteiger charge is 2.23. The van der Waals surface area contributed by atoms with Crippen molar-refractivity contribution < 1.29 is 5.11 Å². The van der Waals surface area contributed by atoms with E-state index in [1.165, 1.54) is 0 Å². The van der Waals surface area contributed by atoms with Gasteiger partial charge in [-0.25, -0.2) is 9.97 Å². The first-order valence-corrected chi connectivity index (χ1v) is 7.37. The first-order chi connectivity index (χ1) is 10.7. The molecule has 112 valence electrons. The van der Waals surface area contributed by atoms with Gasteiger partial charge in [0.05, 0.1) is 17.7 Å². The molecule has 0 saturated heterocycles. The molecule has 6 nitrogen and oxygen atoms in total. The maximum atomic E-state index is 10.3. The summed E-state index contributed by atoms with van der Waals surface area (Å²) >= 11 is 0.